The molecule has 208 valence electrons. The molecule has 1 N–H and O–H groups in total. The Labute approximate surface area is 219 Å². The van der Waals surface area contributed by atoms with Gasteiger partial charge in [-0.25, -0.2) is 0 Å². The first-order valence-corrected chi connectivity index (χ1v) is 12.8. The van der Waals surface area contributed by atoms with E-state index in [1.54, 1.807) is 0 Å². The molecular weight excluding hydrogens is 480 g/mol. The van der Waals surface area contributed by atoms with Gasteiger partial charge in [-0.3, -0.25) is 9.59 Å². The summed E-state index contributed by atoms with van der Waals surface area (Å²) in [5.74, 6) is -0.340. The average Bonchev–Trinajstić information content (AvgIpc) is 2.84. The van der Waals surface area contributed by atoms with E-state index in [1.165, 1.54) is 6.92 Å². The van der Waals surface area contributed by atoms with E-state index in [1.807, 2.05) is 53.7 Å². The van der Waals surface area contributed by atoms with Gasteiger partial charge in [0.1, 0.15) is 19.0 Å². The lowest BCUT2D eigenvalue weighted by molar-refractivity contribution is -0.337. The van der Waals surface area contributed by atoms with Gasteiger partial charge in [0, 0.05) is 24.2 Å². The normalized spacial score (nSPS) is 24.6. The first kappa shape index (κ1) is 29.4. The van der Waals surface area contributed by atoms with Crippen molar-refractivity contribution in [2.75, 3.05) is 39.6 Å². The van der Waals surface area contributed by atoms with E-state index in [-0.39, 0.29) is 37.3 Å². The maximum Gasteiger partial charge on any atom is 0.306 e. The van der Waals surface area contributed by atoms with Crippen molar-refractivity contribution < 1.29 is 43.1 Å². The molecule has 0 aromatic heterocycles. The summed E-state index contributed by atoms with van der Waals surface area (Å²) in [6.07, 6.45) is -0.246. The van der Waals surface area contributed by atoms with E-state index in [0.29, 0.717) is 32.8 Å². The highest BCUT2D eigenvalue weighted by Gasteiger charge is 2.48. The van der Waals surface area contributed by atoms with Crippen LogP contribution in [-0.4, -0.2) is 69.3 Å². The van der Waals surface area contributed by atoms with Crippen molar-refractivity contribution in [3.05, 3.63) is 28.8 Å². The third kappa shape index (κ3) is 7.66. The van der Waals surface area contributed by atoms with E-state index in [0.717, 1.165) is 16.7 Å². The zero-order valence-corrected chi connectivity index (χ0v) is 23.2. The SMILES string of the molecule is CC(=O)OCC(C)(C)C1OCC2(CO1)COC(C(C)(C)COC(=O)CCc1cc(C)c(O)c(C)c1)OC2. The lowest BCUT2D eigenvalue weighted by Gasteiger charge is -2.48. The molecule has 2 saturated heterocycles. The van der Waals surface area contributed by atoms with Crippen molar-refractivity contribution >= 4 is 11.9 Å². The lowest BCUT2D eigenvalue weighted by atomic mass is 9.86. The second-order valence-electron chi connectivity index (χ2n) is 11.9. The number of aryl methyl sites for hydroxylation is 3. The molecule has 2 fully saturated rings. The van der Waals surface area contributed by atoms with Gasteiger partial charge in [0.15, 0.2) is 12.6 Å². The van der Waals surface area contributed by atoms with Crippen LogP contribution in [0.5, 0.6) is 5.75 Å². The number of hydrogen-bond acceptors (Lipinski definition) is 9. The van der Waals surface area contributed by atoms with E-state index in [9.17, 15) is 14.7 Å². The number of rotatable bonds is 9. The minimum atomic E-state index is -0.548. The predicted octanol–water partition coefficient (Wildman–Crippen LogP) is 3.83. The van der Waals surface area contributed by atoms with Crippen LogP contribution in [0.4, 0.5) is 0 Å². The number of ether oxygens (including phenoxy) is 6. The first-order chi connectivity index (χ1) is 17.2. The molecule has 2 heterocycles. The van der Waals surface area contributed by atoms with Crippen LogP contribution >= 0.6 is 0 Å². The van der Waals surface area contributed by atoms with Crippen LogP contribution in [-0.2, 0) is 44.4 Å². The summed E-state index contributed by atoms with van der Waals surface area (Å²) in [5, 5.41) is 9.92. The van der Waals surface area contributed by atoms with Crippen molar-refractivity contribution in [1.29, 1.82) is 0 Å². The van der Waals surface area contributed by atoms with E-state index in [2.05, 4.69) is 0 Å². The fourth-order valence-electron chi connectivity index (χ4n) is 4.46. The van der Waals surface area contributed by atoms with Crippen LogP contribution in [0.3, 0.4) is 0 Å². The monoisotopic (exact) mass is 522 g/mol. The summed E-state index contributed by atoms with van der Waals surface area (Å²) in [6, 6.07) is 3.78. The Kier molecular flexibility index (Phi) is 9.27. The van der Waals surface area contributed by atoms with Gasteiger partial charge >= 0.3 is 11.9 Å². The Hall–Kier alpha value is -2.20. The molecule has 0 unspecified atom stereocenters. The topological polar surface area (TPSA) is 110 Å². The highest BCUT2D eigenvalue weighted by molar-refractivity contribution is 5.69. The van der Waals surface area contributed by atoms with Crippen molar-refractivity contribution in [2.24, 2.45) is 16.2 Å². The van der Waals surface area contributed by atoms with Crippen LogP contribution in [0.1, 0.15) is 57.7 Å². The number of esters is 2. The molecular formula is C28H42O9. The molecule has 2 aliphatic rings. The zero-order valence-electron chi connectivity index (χ0n) is 23.2. The Morgan fingerprint density at radius 1 is 0.892 bits per heavy atom. The summed E-state index contributed by atoms with van der Waals surface area (Å²) in [7, 11) is 0. The second kappa shape index (κ2) is 11.7. The summed E-state index contributed by atoms with van der Waals surface area (Å²) in [4.78, 5) is 23.6. The lowest BCUT2D eigenvalue weighted by Crippen LogP contribution is -2.57. The van der Waals surface area contributed by atoms with Gasteiger partial charge in [0.2, 0.25) is 0 Å². The summed E-state index contributed by atoms with van der Waals surface area (Å²) >= 11 is 0. The summed E-state index contributed by atoms with van der Waals surface area (Å²) < 4.78 is 34.8. The number of carbonyl (C=O) groups excluding carboxylic acids is 2. The van der Waals surface area contributed by atoms with Crippen molar-refractivity contribution in [2.45, 2.75) is 73.9 Å². The quantitative estimate of drug-likeness (QED) is 0.484. The first-order valence-electron chi connectivity index (χ1n) is 12.8. The molecule has 0 radical (unpaired) electrons. The van der Waals surface area contributed by atoms with E-state index in [4.69, 9.17) is 28.4 Å². The van der Waals surface area contributed by atoms with E-state index >= 15 is 0 Å². The van der Waals surface area contributed by atoms with Crippen LogP contribution in [0.25, 0.3) is 0 Å². The number of carbonyl (C=O) groups is 2. The fourth-order valence-corrected chi connectivity index (χ4v) is 4.46. The van der Waals surface area contributed by atoms with Gasteiger partial charge in [-0.15, -0.1) is 0 Å². The second-order valence-corrected chi connectivity index (χ2v) is 11.9. The Morgan fingerprint density at radius 3 is 1.76 bits per heavy atom. The molecule has 2 aliphatic heterocycles. The van der Waals surface area contributed by atoms with Crippen LogP contribution < -0.4 is 0 Å². The van der Waals surface area contributed by atoms with Crippen molar-refractivity contribution in [3.63, 3.8) is 0 Å². The van der Waals surface area contributed by atoms with Gasteiger partial charge in [-0.1, -0.05) is 39.8 Å². The van der Waals surface area contributed by atoms with Gasteiger partial charge in [0.05, 0.1) is 31.8 Å². The third-order valence-electron chi connectivity index (χ3n) is 6.86. The molecule has 37 heavy (non-hydrogen) atoms. The zero-order chi connectivity index (χ0) is 27.4. The molecule has 0 aliphatic carbocycles. The van der Waals surface area contributed by atoms with Gasteiger partial charge in [-0.05, 0) is 37.0 Å². The minimum Gasteiger partial charge on any atom is -0.507 e. The largest absolute Gasteiger partial charge is 0.507 e. The number of hydrogen-bond donors (Lipinski definition) is 1. The average molecular weight is 523 g/mol. The number of benzene rings is 1. The van der Waals surface area contributed by atoms with Gasteiger partial charge in [0.25, 0.3) is 0 Å². The Morgan fingerprint density at radius 2 is 1.32 bits per heavy atom. The molecule has 3 rings (SSSR count). The molecule has 0 saturated carbocycles. The number of phenolic OH excluding ortho intramolecular Hbond substituents is 1. The van der Waals surface area contributed by atoms with Crippen LogP contribution in [0.2, 0.25) is 0 Å². The van der Waals surface area contributed by atoms with Gasteiger partial charge in [-0.2, -0.15) is 0 Å². The number of aromatic hydroxyl groups is 1. The molecule has 1 aromatic rings. The van der Waals surface area contributed by atoms with Crippen molar-refractivity contribution in [1.82, 2.24) is 0 Å². The molecule has 0 atom stereocenters. The maximum absolute atomic E-state index is 12.4. The summed E-state index contributed by atoms with van der Waals surface area (Å²) in [5.41, 5.74) is 1.12. The molecule has 0 bridgehead atoms. The smallest absolute Gasteiger partial charge is 0.306 e. The highest BCUT2D eigenvalue weighted by atomic mass is 16.7. The fraction of sp³-hybridized carbons (Fsp3) is 0.714. The summed E-state index contributed by atoms with van der Waals surface area (Å²) in [6.45, 7) is 14.8. The molecule has 9 nitrogen and oxygen atoms in total. The molecule has 1 aromatic carbocycles. The standard InChI is InChI=1S/C28H42O9/c1-18-10-21(11-19(2)23(18)31)8-9-22(30)33-13-27(6,7)25-36-16-28(17-37-25)14-34-24(35-15-28)26(4,5)12-32-20(3)29/h10-11,24-25,31H,8-9,12-17H2,1-7H3. The maximum atomic E-state index is 12.4. The third-order valence-corrected chi connectivity index (χ3v) is 6.86. The molecule has 9 heteroatoms. The van der Waals surface area contributed by atoms with Gasteiger partial charge < -0.3 is 33.5 Å². The van der Waals surface area contributed by atoms with Crippen LogP contribution in [0.15, 0.2) is 12.1 Å². The predicted molar refractivity (Wildman–Crippen MR) is 135 cm³/mol. The number of phenols is 1. The van der Waals surface area contributed by atoms with Crippen molar-refractivity contribution in [3.8, 4) is 5.75 Å². The van der Waals surface area contributed by atoms with E-state index < -0.39 is 28.8 Å². The molecule has 0 amide bonds. The Bertz CT molecular complexity index is 927. The van der Waals surface area contributed by atoms with Crippen LogP contribution in [0, 0.1) is 30.1 Å². The Balaban J connectivity index is 1.42. The highest BCUT2D eigenvalue weighted by Crippen LogP contribution is 2.38. The molecule has 1 spiro atoms. The minimum absolute atomic E-state index is 0.163.